The van der Waals surface area contributed by atoms with Crippen LogP contribution in [0.1, 0.15) is 104 Å². The van der Waals surface area contributed by atoms with Gasteiger partial charge in [-0.05, 0) is 143 Å². The molecule has 4 aromatic rings. The van der Waals surface area contributed by atoms with Gasteiger partial charge >= 0.3 is 0 Å². The molecule has 14 heteroatoms. The number of hydrogen-bond donors (Lipinski definition) is 4. The molecule has 71 heavy (non-hydrogen) atoms. The quantitative estimate of drug-likeness (QED) is 0.0260. The summed E-state index contributed by atoms with van der Waals surface area (Å²) in [6.07, 6.45) is 8.94. The van der Waals surface area contributed by atoms with Crippen molar-refractivity contribution in [2.24, 2.45) is 11.3 Å². The molecule has 2 aromatic carbocycles. The van der Waals surface area contributed by atoms with Crippen LogP contribution in [0.15, 0.2) is 73.2 Å². The topological polar surface area (TPSA) is 155 Å². The van der Waals surface area contributed by atoms with Gasteiger partial charge in [-0.15, -0.1) is 0 Å². The maximum Gasteiger partial charge on any atom is 0.221 e. The van der Waals surface area contributed by atoms with E-state index in [1.165, 1.54) is 50.0 Å². The zero-order valence-corrected chi connectivity index (χ0v) is 46.0. The Labute approximate surface area is 428 Å². The van der Waals surface area contributed by atoms with Crippen LogP contribution >= 0.6 is 0 Å². The Morgan fingerprint density at radius 3 is 2.14 bits per heavy atom. The molecule has 1 aliphatic heterocycles. The molecule has 394 valence electrons. The smallest absolute Gasteiger partial charge is 0.221 e. The molecular formula is C57H91N9O5. The molecule has 1 amide bonds. The first-order chi connectivity index (χ1) is 34.0. The zero-order valence-electron chi connectivity index (χ0n) is 46.0. The van der Waals surface area contributed by atoms with Crippen LogP contribution in [0.2, 0.25) is 0 Å². The first-order valence-corrected chi connectivity index (χ1v) is 24.9. The maximum absolute atomic E-state index is 10.6. The lowest BCUT2D eigenvalue weighted by atomic mass is 9.83. The largest absolute Gasteiger partial charge is 0.396 e. The number of hydrogen-bond acceptors (Lipinski definition) is 12. The number of aliphatic hydroxyl groups is 1. The molecule has 2 unspecified atom stereocenters. The van der Waals surface area contributed by atoms with Crippen molar-refractivity contribution < 1.29 is 24.3 Å². The number of aldehydes is 1. The summed E-state index contributed by atoms with van der Waals surface area (Å²) in [5.74, 6) is 5.77. The molecular weight excluding hydrogens is 891 g/mol. The highest BCUT2D eigenvalue weighted by atomic mass is 16.3. The van der Waals surface area contributed by atoms with E-state index in [4.69, 9.17) is 9.59 Å². The van der Waals surface area contributed by atoms with Crippen molar-refractivity contribution in [2.45, 2.75) is 113 Å². The van der Waals surface area contributed by atoms with Crippen LogP contribution in [0.3, 0.4) is 0 Å². The highest BCUT2D eigenvalue weighted by Gasteiger charge is 2.28. The number of nitrogens with zero attached hydrogens (tertiary/aromatic N) is 6. The van der Waals surface area contributed by atoms with Crippen molar-refractivity contribution in [2.75, 3.05) is 74.8 Å². The lowest BCUT2D eigenvalue weighted by Crippen LogP contribution is -2.48. The molecule has 5 rings (SSSR count). The minimum atomic E-state index is -0.288. The van der Waals surface area contributed by atoms with Crippen LogP contribution in [-0.4, -0.2) is 141 Å². The Morgan fingerprint density at radius 1 is 0.972 bits per heavy atom. The Kier molecular flexibility index (Phi) is 33.6. The molecule has 1 aliphatic rings. The lowest BCUT2D eigenvalue weighted by Gasteiger charge is -2.37. The number of carbonyl (C=O) groups is 4. The third kappa shape index (κ3) is 21.8. The van der Waals surface area contributed by atoms with E-state index in [0.717, 1.165) is 70.9 Å². The number of unbranched alkanes of at least 4 members (excludes halogenated alkanes) is 1. The zero-order chi connectivity index (χ0) is 54.1. The van der Waals surface area contributed by atoms with Crippen molar-refractivity contribution in [1.29, 1.82) is 0 Å². The molecule has 0 saturated carbocycles. The SMILES string of the molecule is C=C(C(C(C)C)N(C)C)N(CCCCNNC=O)Cc1cccc(-c2ccc3c(c2)c(CC(C)(C)CO)c(-c2cnccc2C(C)CC)n3CC)c1.C=O.C=O.CC.CN(C)CC#CC=O.CN1CNC1. The van der Waals surface area contributed by atoms with Crippen LogP contribution in [0, 0.1) is 23.2 Å². The van der Waals surface area contributed by atoms with Gasteiger partial charge in [0.2, 0.25) is 6.41 Å². The Hall–Kier alpha value is -5.53. The highest BCUT2D eigenvalue weighted by molar-refractivity contribution is 5.95. The average Bonchev–Trinajstić information content (AvgIpc) is 3.67. The van der Waals surface area contributed by atoms with Gasteiger partial charge < -0.3 is 29.1 Å². The summed E-state index contributed by atoms with van der Waals surface area (Å²) < 4.78 is 2.45. The number of aliphatic hydroxyl groups excluding tert-OH is 1. The second-order valence-corrected chi connectivity index (χ2v) is 18.8. The van der Waals surface area contributed by atoms with Crippen LogP contribution in [-0.2, 0) is 38.7 Å². The van der Waals surface area contributed by atoms with Crippen molar-refractivity contribution >= 4 is 37.2 Å². The third-order valence-corrected chi connectivity index (χ3v) is 11.9. The molecule has 3 heterocycles. The number of pyridine rings is 1. The summed E-state index contributed by atoms with van der Waals surface area (Å²) >= 11 is 0. The van der Waals surface area contributed by atoms with Crippen molar-refractivity contribution in [3.05, 3.63) is 89.9 Å². The fourth-order valence-electron chi connectivity index (χ4n) is 8.28. The standard InChI is InChI=1S/C44H64N6O2.C6H9NO.C3H8N2.C2H6.2CH2O/c1-11-32(5)37-20-22-45-27-40(37)43-39(26-44(7,8)29-51)38-25-36(18-19-41(38)50(43)12-2)35-17-15-16-34(24-35)28-49(23-14-13-21-46-47-30-52)33(6)42(31(3)4)48(9)10;1-7(2)5-3-4-6-8;1-5-2-4-3-5;3*1-2/h15-20,22,24-25,27,30-32,42,46,51H,6,11-14,21,23,26,28-29H2,1-5,7-10H3,(H,47,52);6H,5H2,1-2H3;4H,2-3H2,1H3;1-2H3;2*1H2. The van der Waals surface area contributed by atoms with Gasteiger partial charge in [-0.2, -0.15) is 0 Å². The summed E-state index contributed by atoms with van der Waals surface area (Å²) in [5, 5.41) is 14.8. The van der Waals surface area contributed by atoms with Gasteiger partial charge in [-0.1, -0.05) is 92.2 Å². The monoisotopic (exact) mass is 982 g/mol. The van der Waals surface area contributed by atoms with Gasteiger partial charge in [0.05, 0.1) is 18.3 Å². The maximum atomic E-state index is 10.6. The van der Waals surface area contributed by atoms with Gasteiger partial charge in [0.15, 0.2) is 6.29 Å². The molecule has 0 bridgehead atoms. The molecule has 0 radical (unpaired) electrons. The summed E-state index contributed by atoms with van der Waals surface area (Å²) in [6.45, 7) is 34.3. The highest BCUT2D eigenvalue weighted by Crippen LogP contribution is 2.42. The van der Waals surface area contributed by atoms with Gasteiger partial charge in [-0.25, -0.2) is 5.43 Å². The number of amides is 1. The van der Waals surface area contributed by atoms with Gasteiger partial charge in [0.25, 0.3) is 0 Å². The van der Waals surface area contributed by atoms with Crippen molar-refractivity contribution in [3.8, 4) is 34.2 Å². The van der Waals surface area contributed by atoms with Gasteiger partial charge in [0, 0.05) is 80.7 Å². The van der Waals surface area contributed by atoms with E-state index in [1.807, 2.05) is 58.8 Å². The number of nitrogens with one attached hydrogen (secondary N) is 3. The number of aromatic nitrogens is 2. The number of aryl methyl sites for hydroxylation is 1. The van der Waals surface area contributed by atoms with Crippen LogP contribution in [0.4, 0.5) is 0 Å². The fourth-order valence-corrected chi connectivity index (χ4v) is 8.28. The van der Waals surface area contributed by atoms with E-state index in [9.17, 15) is 14.7 Å². The number of likely N-dealkylation sites (N-methyl/N-ethyl adjacent to an activating group) is 1. The average molecular weight is 982 g/mol. The van der Waals surface area contributed by atoms with Crippen LogP contribution in [0.25, 0.3) is 33.3 Å². The fraction of sp³-hybridized carbons (Fsp3) is 0.526. The third-order valence-electron chi connectivity index (χ3n) is 11.9. The number of carbonyl (C=O) groups excluding carboxylic acids is 4. The number of fused-ring (bicyclic) bond motifs is 1. The molecule has 0 aliphatic carbocycles. The normalized spacial score (nSPS) is 12.5. The lowest BCUT2D eigenvalue weighted by molar-refractivity contribution is -0.110. The summed E-state index contributed by atoms with van der Waals surface area (Å²) in [7, 11) is 10.1. The van der Waals surface area contributed by atoms with Crippen molar-refractivity contribution in [3.63, 3.8) is 0 Å². The predicted octanol–water partition coefficient (Wildman–Crippen LogP) is 8.24. The van der Waals surface area contributed by atoms with Gasteiger partial charge in [-0.3, -0.25) is 35.1 Å². The molecule has 2 aromatic heterocycles. The van der Waals surface area contributed by atoms with E-state index in [-0.39, 0.29) is 18.1 Å². The molecule has 0 spiro atoms. The van der Waals surface area contributed by atoms with Crippen LogP contribution in [0.5, 0.6) is 0 Å². The Balaban J connectivity index is 0.00000219. The first-order valence-electron chi connectivity index (χ1n) is 24.9. The summed E-state index contributed by atoms with van der Waals surface area (Å²) in [5.41, 5.74) is 16.1. The molecule has 4 N–H and O–H groups in total. The van der Waals surface area contributed by atoms with Crippen molar-refractivity contribution in [1.82, 2.24) is 45.3 Å². The second-order valence-electron chi connectivity index (χ2n) is 18.8. The van der Waals surface area contributed by atoms with Gasteiger partial charge in [0.1, 0.15) is 13.6 Å². The number of rotatable bonds is 22. The summed E-state index contributed by atoms with van der Waals surface area (Å²) in [6, 6.07) is 18.2. The molecule has 1 saturated heterocycles. The summed E-state index contributed by atoms with van der Waals surface area (Å²) in [4.78, 5) is 49.7. The van der Waals surface area contributed by atoms with E-state index in [1.54, 1.807) is 0 Å². The Bertz CT molecular complexity index is 2180. The van der Waals surface area contributed by atoms with E-state index in [2.05, 4.69) is 177 Å². The predicted molar refractivity (Wildman–Crippen MR) is 296 cm³/mol. The van der Waals surface area contributed by atoms with Crippen LogP contribution < -0.4 is 16.2 Å². The van der Waals surface area contributed by atoms with E-state index in [0.29, 0.717) is 31.1 Å². The van der Waals surface area contributed by atoms with E-state index >= 15 is 0 Å². The second kappa shape index (κ2) is 36.4. The minimum Gasteiger partial charge on any atom is -0.396 e. The minimum absolute atomic E-state index is 0.109. The van der Waals surface area contributed by atoms with E-state index < -0.39 is 0 Å². The number of benzene rings is 2. The molecule has 2 atom stereocenters. The Morgan fingerprint density at radius 2 is 1.62 bits per heavy atom. The molecule has 14 nitrogen and oxygen atoms in total. The first kappa shape index (κ1) is 65.5. The molecule has 1 fully saturated rings. The number of hydrazine groups is 1.